The average Bonchev–Trinajstić information content (AvgIpc) is 3.08. The van der Waals surface area contributed by atoms with Crippen LogP contribution < -0.4 is 10.1 Å². The summed E-state index contributed by atoms with van der Waals surface area (Å²) in [5.41, 5.74) is 2.47. The number of carbonyl (C=O) groups excluding carboxylic acids is 1. The average molecular weight is 386 g/mol. The van der Waals surface area contributed by atoms with E-state index in [4.69, 9.17) is 4.74 Å². The van der Waals surface area contributed by atoms with E-state index in [9.17, 15) is 4.79 Å². The van der Waals surface area contributed by atoms with Gasteiger partial charge in [-0.2, -0.15) is 0 Å². The molecule has 1 amide bonds. The van der Waals surface area contributed by atoms with Crippen molar-refractivity contribution >= 4 is 34.7 Å². The third-order valence-corrected chi connectivity index (χ3v) is 5.33. The van der Waals surface area contributed by atoms with E-state index in [-0.39, 0.29) is 12.0 Å². The van der Waals surface area contributed by atoms with Crippen molar-refractivity contribution < 1.29 is 9.53 Å². The highest BCUT2D eigenvalue weighted by Gasteiger charge is 2.10. The van der Waals surface area contributed by atoms with E-state index in [1.807, 2.05) is 68.4 Å². The summed E-state index contributed by atoms with van der Waals surface area (Å²) >= 11 is 3.01. The molecule has 3 aromatic rings. The molecule has 2 aromatic carbocycles. The van der Waals surface area contributed by atoms with Gasteiger partial charge < -0.3 is 10.1 Å². The van der Waals surface area contributed by atoms with Crippen molar-refractivity contribution in [2.75, 3.05) is 5.32 Å². The van der Waals surface area contributed by atoms with Crippen LogP contribution in [0.3, 0.4) is 0 Å². The Bertz CT molecular complexity index is 866. The number of hydrogen-bond donors (Lipinski definition) is 1. The molecule has 0 fully saturated rings. The van der Waals surface area contributed by atoms with Gasteiger partial charge in [-0.05, 0) is 55.0 Å². The molecule has 1 heterocycles. The molecule has 0 atom stereocenters. The second kappa shape index (κ2) is 8.82. The number of ether oxygens (including phenoxy) is 1. The maximum Gasteiger partial charge on any atom is 0.295 e. The fraction of sp³-hybridized carbons (Fsp3) is 0.211. The van der Waals surface area contributed by atoms with Crippen LogP contribution in [0.25, 0.3) is 0 Å². The van der Waals surface area contributed by atoms with Gasteiger partial charge in [-0.15, -0.1) is 5.10 Å². The van der Waals surface area contributed by atoms with E-state index in [0.717, 1.165) is 15.6 Å². The molecule has 0 saturated carbocycles. The molecule has 134 valence electrons. The van der Waals surface area contributed by atoms with E-state index < -0.39 is 0 Å². The number of nitrogens with zero attached hydrogens (tertiary/aromatic N) is 2. The Morgan fingerprint density at radius 2 is 1.96 bits per heavy atom. The molecule has 0 saturated heterocycles. The van der Waals surface area contributed by atoms with Crippen molar-refractivity contribution in [2.24, 2.45) is 0 Å². The van der Waals surface area contributed by atoms with Crippen LogP contribution in [0.1, 0.15) is 29.8 Å². The number of thioether (sulfide) groups is 1. The highest BCUT2D eigenvalue weighted by atomic mass is 32.2. The third kappa shape index (κ3) is 5.31. The Morgan fingerprint density at radius 3 is 2.73 bits per heavy atom. The Hall–Kier alpha value is -2.38. The Labute approximate surface area is 160 Å². The first-order chi connectivity index (χ1) is 12.6. The predicted molar refractivity (Wildman–Crippen MR) is 106 cm³/mol. The number of para-hydroxylation sites is 1. The Morgan fingerprint density at radius 1 is 1.15 bits per heavy atom. The molecule has 5 nitrogen and oxygen atoms in total. The summed E-state index contributed by atoms with van der Waals surface area (Å²) in [6, 6.07) is 17.0. The van der Waals surface area contributed by atoms with Gasteiger partial charge in [-0.25, -0.2) is 0 Å². The highest BCUT2D eigenvalue weighted by Crippen LogP contribution is 2.30. The molecule has 1 aromatic heterocycles. The first kappa shape index (κ1) is 18.4. The van der Waals surface area contributed by atoms with Gasteiger partial charge in [0.05, 0.1) is 6.10 Å². The predicted octanol–water partition coefficient (Wildman–Crippen LogP) is 4.87. The highest BCUT2D eigenvalue weighted by molar-refractivity contribution is 8.00. The van der Waals surface area contributed by atoms with E-state index >= 15 is 0 Å². The van der Waals surface area contributed by atoms with Crippen molar-refractivity contribution in [3.8, 4) is 5.19 Å². The van der Waals surface area contributed by atoms with Crippen molar-refractivity contribution in [3.05, 3.63) is 65.7 Å². The first-order valence-corrected chi connectivity index (χ1v) is 9.98. The molecular formula is C19H19N3O2S2. The molecule has 0 aliphatic rings. The molecule has 0 bridgehead atoms. The minimum Gasteiger partial charge on any atom is -0.466 e. The largest absolute Gasteiger partial charge is 0.466 e. The SMILES string of the molecule is CC(C)Oc1nnc(SCc2cccc(C(=O)Nc3ccccc3)c2)s1. The Kier molecular flexibility index (Phi) is 6.25. The van der Waals surface area contributed by atoms with E-state index in [1.54, 1.807) is 11.8 Å². The van der Waals surface area contributed by atoms with Gasteiger partial charge in [0, 0.05) is 17.0 Å². The normalized spacial score (nSPS) is 10.7. The molecule has 7 heteroatoms. The number of anilines is 1. The maximum absolute atomic E-state index is 12.4. The standard InChI is InChI=1S/C19H19N3O2S2/c1-13(2)24-18-21-22-19(26-18)25-12-14-7-6-8-15(11-14)17(23)20-16-9-4-3-5-10-16/h3-11,13H,12H2,1-2H3,(H,20,23). The number of rotatable bonds is 7. The molecule has 0 unspecified atom stereocenters. The fourth-order valence-corrected chi connectivity index (χ4v) is 3.92. The van der Waals surface area contributed by atoms with Gasteiger partial charge in [0.1, 0.15) is 0 Å². The number of carbonyl (C=O) groups is 1. The summed E-state index contributed by atoms with van der Waals surface area (Å²) in [5, 5.41) is 11.6. The molecule has 3 rings (SSSR count). The van der Waals surface area contributed by atoms with Crippen LogP contribution in [0.15, 0.2) is 58.9 Å². The zero-order valence-electron chi connectivity index (χ0n) is 14.5. The van der Waals surface area contributed by atoms with Gasteiger partial charge in [-0.1, -0.05) is 47.2 Å². The molecule has 0 aliphatic heterocycles. The van der Waals surface area contributed by atoms with Gasteiger partial charge in [-0.3, -0.25) is 4.79 Å². The number of benzene rings is 2. The second-order valence-electron chi connectivity index (χ2n) is 5.81. The summed E-state index contributed by atoms with van der Waals surface area (Å²) in [6.07, 6.45) is 0.0839. The second-order valence-corrected chi connectivity index (χ2v) is 7.97. The van der Waals surface area contributed by atoms with Crippen molar-refractivity contribution in [1.29, 1.82) is 0 Å². The van der Waals surface area contributed by atoms with E-state index in [2.05, 4.69) is 15.5 Å². The summed E-state index contributed by atoms with van der Waals surface area (Å²) in [4.78, 5) is 12.4. The third-order valence-electron chi connectivity index (χ3n) is 3.31. The first-order valence-electron chi connectivity index (χ1n) is 8.18. The molecule has 0 aliphatic carbocycles. The van der Waals surface area contributed by atoms with Gasteiger partial charge in [0.25, 0.3) is 11.1 Å². The van der Waals surface area contributed by atoms with Gasteiger partial charge in [0.15, 0.2) is 4.34 Å². The van der Waals surface area contributed by atoms with Crippen molar-refractivity contribution in [3.63, 3.8) is 0 Å². The van der Waals surface area contributed by atoms with Crippen LogP contribution in [0.5, 0.6) is 5.19 Å². The topological polar surface area (TPSA) is 64.1 Å². The maximum atomic E-state index is 12.4. The molecular weight excluding hydrogens is 366 g/mol. The van der Waals surface area contributed by atoms with E-state index in [0.29, 0.717) is 16.5 Å². The lowest BCUT2D eigenvalue weighted by atomic mass is 10.1. The van der Waals surface area contributed by atoms with E-state index in [1.165, 1.54) is 11.3 Å². The summed E-state index contributed by atoms with van der Waals surface area (Å²) in [5.74, 6) is 0.592. The lowest BCUT2D eigenvalue weighted by molar-refractivity contribution is 0.102. The van der Waals surface area contributed by atoms with Crippen LogP contribution in [0.4, 0.5) is 5.69 Å². The zero-order valence-corrected chi connectivity index (χ0v) is 16.1. The minimum absolute atomic E-state index is 0.0839. The van der Waals surface area contributed by atoms with Crippen molar-refractivity contribution in [2.45, 2.75) is 30.0 Å². The molecule has 1 N–H and O–H groups in total. The molecule has 26 heavy (non-hydrogen) atoms. The van der Waals surface area contributed by atoms with Crippen molar-refractivity contribution in [1.82, 2.24) is 10.2 Å². The van der Waals surface area contributed by atoms with Gasteiger partial charge in [0.2, 0.25) is 0 Å². The van der Waals surface area contributed by atoms with Crippen LogP contribution in [0, 0.1) is 0 Å². The Balaban J connectivity index is 1.60. The lowest BCUT2D eigenvalue weighted by Gasteiger charge is -2.06. The lowest BCUT2D eigenvalue weighted by Crippen LogP contribution is -2.11. The smallest absolute Gasteiger partial charge is 0.295 e. The van der Waals surface area contributed by atoms with Crippen LogP contribution in [-0.2, 0) is 5.75 Å². The van der Waals surface area contributed by atoms with Crippen LogP contribution in [0.2, 0.25) is 0 Å². The zero-order chi connectivity index (χ0) is 18.4. The van der Waals surface area contributed by atoms with Crippen LogP contribution >= 0.6 is 23.1 Å². The number of amides is 1. The molecule has 0 spiro atoms. The van der Waals surface area contributed by atoms with Gasteiger partial charge >= 0.3 is 0 Å². The van der Waals surface area contributed by atoms with Crippen LogP contribution in [-0.4, -0.2) is 22.2 Å². The number of aromatic nitrogens is 2. The number of nitrogens with one attached hydrogen (secondary N) is 1. The summed E-state index contributed by atoms with van der Waals surface area (Å²) in [7, 11) is 0. The minimum atomic E-state index is -0.119. The molecule has 0 radical (unpaired) electrons. The monoisotopic (exact) mass is 385 g/mol. The summed E-state index contributed by atoms with van der Waals surface area (Å²) in [6.45, 7) is 3.92. The number of hydrogen-bond acceptors (Lipinski definition) is 6. The fourth-order valence-electron chi connectivity index (χ4n) is 2.18. The quantitative estimate of drug-likeness (QED) is 0.588. The summed E-state index contributed by atoms with van der Waals surface area (Å²) < 4.78 is 6.38.